The Labute approximate surface area is 118 Å². The van der Waals surface area contributed by atoms with Gasteiger partial charge in [0.05, 0.1) is 5.56 Å². The van der Waals surface area contributed by atoms with Gasteiger partial charge in [0, 0.05) is 11.7 Å². The molecule has 0 bridgehead atoms. The molecule has 0 spiro atoms. The molecule has 0 aromatic heterocycles. The molecule has 108 valence electrons. The minimum absolute atomic E-state index is 0.222. The van der Waals surface area contributed by atoms with Crippen molar-refractivity contribution in [2.24, 2.45) is 0 Å². The molecule has 3 N–H and O–H groups in total. The minimum atomic E-state index is -0.791. The largest absolute Gasteiger partial charge is 0.449 e. The van der Waals surface area contributed by atoms with Crippen molar-refractivity contribution in [1.29, 1.82) is 0 Å². The van der Waals surface area contributed by atoms with Crippen LogP contribution in [-0.4, -0.2) is 24.0 Å². The fourth-order valence-corrected chi connectivity index (χ4v) is 2.29. The summed E-state index contributed by atoms with van der Waals surface area (Å²) in [5, 5.41) is 2.91. The number of benzene rings is 1. The molecule has 2 rings (SSSR count). The summed E-state index contributed by atoms with van der Waals surface area (Å²) in [5.41, 5.74) is 6.52. The molecule has 5 heteroatoms. The molecule has 0 unspecified atom stereocenters. The van der Waals surface area contributed by atoms with Crippen LogP contribution in [0.4, 0.5) is 5.69 Å². The quantitative estimate of drug-likeness (QED) is 0.650. The summed E-state index contributed by atoms with van der Waals surface area (Å²) in [5.74, 6) is -0.750. The van der Waals surface area contributed by atoms with Crippen LogP contribution in [0.2, 0.25) is 0 Å². The lowest BCUT2D eigenvalue weighted by molar-refractivity contribution is -0.129. The first kappa shape index (κ1) is 14.4. The van der Waals surface area contributed by atoms with Crippen molar-refractivity contribution in [1.82, 2.24) is 5.32 Å². The van der Waals surface area contributed by atoms with Gasteiger partial charge in [-0.3, -0.25) is 4.79 Å². The molecule has 0 saturated heterocycles. The number of nitrogens with two attached hydrogens (primary N) is 1. The van der Waals surface area contributed by atoms with Gasteiger partial charge in [0.2, 0.25) is 0 Å². The van der Waals surface area contributed by atoms with Crippen molar-refractivity contribution in [3.63, 3.8) is 0 Å². The highest BCUT2D eigenvalue weighted by Gasteiger charge is 2.23. The molecule has 1 amide bonds. The van der Waals surface area contributed by atoms with Crippen molar-refractivity contribution >= 4 is 17.6 Å². The van der Waals surface area contributed by atoms with Crippen molar-refractivity contribution in [2.45, 2.75) is 44.8 Å². The number of esters is 1. The predicted octanol–water partition coefficient (Wildman–Crippen LogP) is 1.87. The molecule has 5 nitrogen and oxygen atoms in total. The number of anilines is 1. The van der Waals surface area contributed by atoms with Gasteiger partial charge in [-0.1, -0.05) is 12.8 Å². The SMILES string of the molecule is C[C@@H](OC(=O)c1ccc(N)cc1)C(=O)NC1CCCC1. The second kappa shape index (κ2) is 6.41. The maximum Gasteiger partial charge on any atom is 0.338 e. The van der Waals surface area contributed by atoms with E-state index in [1.165, 1.54) is 0 Å². The summed E-state index contributed by atoms with van der Waals surface area (Å²) >= 11 is 0. The Morgan fingerprint density at radius 1 is 1.25 bits per heavy atom. The van der Waals surface area contributed by atoms with Crippen LogP contribution in [0.5, 0.6) is 0 Å². The molecule has 1 atom stereocenters. The third-order valence-electron chi connectivity index (χ3n) is 3.50. The molecule has 1 aromatic rings. The Balaban J connectivity index is 1.86. The number of rotatable bonds is 4. The van der Waals surface area contributed by atoms with Crippen LogP contribution >= 0.6 is 0 Å². The molecule has 1 aromatic carbocycles. The zero-order chi connectivity index (χ0) is 14.5. The lowest BCUT2D eigenvalue weighted by Crippen LogP contribution is -2.40. The number of nitrogen functional groups attached to an aromatic ring is 1. The molecule has 0 radical (unpaired) electrons. The molecule has 0 heterocycles. The van der Waals surface area contributed by atoms with Gasteiger partial charge < -0.3 is 15.8 Å². The van der Waals surface area contributed by atoms with Crippen LogP contribution in [0.1, 0.15) is 43.0 Å². The van der Waals surface area contributed by atoms with Gasteiger partial charge in [-0.25, -0.2) is 4.79 Å². The molecular formula is C15H20N2O3. The Hall–Kier alpha value is -2.04. The number of amides is 1. The van der Waals surface area contributed by atoms with Crippen molar-refractivity contribution in [3.05, 3.63) is 29.8 Å². The third kappa shape index (κ3) is 3.73. The van der Waals surface area contributed by atoms with Gasteiger partial charge in [-0.2, -0.15) is 0 Å². The maximum absolute atomic E-state index is 11.9. The highest BCUT2D eigenvalue weighted by Crippen LogP contribution is 2.18. The van der Waals surface area contributed by atoms with E-state index in [9.17, 15) is 9.59 Å². The molecule has 1 saturated carbocycles. The predicted molar refractivity (Wildman–Crippen MR) is 76.1 cm³/mol. The molecule has 0 aliphatic heterocycles. The van der Waals surface area contributed by atoms with Crippen molar-refractivity contribution in [2.75, 3.05) is 5.73 Å². The van der Waals surface area contributed by atoms with E-state index in [0.29, 0.717) is 11.3 Å². The lowest BCUT2D eigenvalue weighted by atomic mass is 10.2. The Kier molecular flexibility index (Phi) is 4.61. The standard InChI is InChI=1S/C15H20N2O3/c1-10(14(18)17-13-4-2-3-5-13)20-15(19)11-6-8-12(16)9-7-11/h6-10,13H,2-5,16H2,1H3,(H,17,18)/t10-/m1/s1. The van der Waals surface area contributed by atoms with E-state index in [1.807, 2.05) is 0 Å². The van der Waals surface area contributed by atoms with Gasteiger partial charge in [0.25, 0.3) is 5.91 Å². The number of carbonyl (C=O) groups excluding carboxylic acids is 2. The van der Waals surface area contributed by atoms with Gasteiger partial charge in [0.15, 0.2) is 6.10 Å². The van der Waals surface area contributed by atoms with E-state index >= 15 is 0 Å². The van der Waals surface area contributed by atoms with Crippen LogP contribution < -0.4 is 11.1 Å². The summed E-state index contributed by atoms with van der Waals surface area (Å²) < 4.78 is 5.16. The molecular weight excluding hydrogens is 256 g/mol. The maximum atomic E-state index is 11.9. The second-order valence-corrected chi connectivity index (χ2v) is 5.16. The summed E-state index contributed by atoms with van der Waals surface area (Å²) in [6, 6.07) is 6.64. The average Bonchev–Trinajstić information content (AvgIpc) is 2.92. The van der Waals surface area contributed by atoms with Crippen LogP contribution in [0, 0.1) is 0 Å². The fourth-order valence-electron chi connectivity index (χ4n) is 2.29. The van der Waals surface area contributed by atoms with Gasteiger partial charge in [-0.05, 0) is 44.0 Å². The Bertz CT molecular complexity index is 478. The first-order chi connectivity index (χ1) is 9.56. The Morgan fingerprint density at radius 2 is 1.85 bits per heavy atom. The van der Waals surface area contributed by atoms with Gasteiger partial charge >= 0.3 is 5.97 Å². The molecule has 1 aliphatic carbocycles. The van der Waals surface area contributed by atoms with Crippen molar-refractivity contribution in [3.8, 4) is 0 Å². The third-order valence-corrected chi connectivity index (χ3v) is 3.50. The monoisotopic (exact) mass is 276 g/mol. The van der Waals surface area contributed by atoms with Crippen LogP contribution in [0.25, 0.3) is 0 Å². The summed E-state index contributed by atoms with van der Waals surface area (Å²) in [6.45, 7) is 1.58. The smallest absolute Gasteiger partial charge is 0.338 e. The van der Waals surface area contributed by atoms with E-state index in [1.54, 1.807) is 31.2 Å². The van der Waals surface area contributed by atoms with E-state index < -0.39 is 12.1 Å². The number of carbonyl (C=O) groups is 2. The van der Waals surface area contributed by atoms with Crippen molar-refractivity contribution < 1.29 is 14.3 Å². The zero-order valence-corrected chi connectivity index (χ0v) is 11.6. The van der Waals surface area contributed by atoms with E-state index in [-0.39, 0.29) is 11.9 Å². The number of nitrogens with one attached hydrogen (secondary N) is 1. The molecule has 1 aliphatic rings. The van der Waals surface area contributed by atoms with Crippen LogP contribution in [0.3, 0.4) is 0 Å². The van der Waals surface area contributed by atoms with E-state index in [4.69, 9.17) is 10.5 Å². The average molecular weight is 276 g/mol. The summed E-state index contributed by atoms with van der Waals surface area (Å²) in [6.07, 6.45) is 3.50. The Morgan fingerprint density at radius 3 is 2.45 bits per heavy atom. The van der Waals surface area contributed by atoms with Crippen LogP contribution in [-0.2, 0) is 9.53 Å². The zero-order valence-electron chi connectivity index (χ0n) is 11.6. The summed E-state index contributed by atoms with van der Waals surface area (Å²) in [7, 11) is 0. The first-order valence-electron chi connectivity index (χ1n) is 6.93. The van der Waals surface area contributed by atoms with E-state index in [2.05, 4.69) is 5.32 Å². The number of hydrogen-bond donors (Lipinski definition) is 2. The minimum Gasteiger partial charge on any atom is -0.449 e. The van der Waals surface area contributed by atoms with Gasteiger partial charge in [0.1, 0.15) is 0 Å². The lowest BCUT2D eigenvalue weighted by Gasteiger charge is -2.17. The second-order valence-electron chi connectivity index (χ2n) is 5.16. The molecule has 20 heavy (non-hydrogen) atoms. The first-order valence-corrected chi connectivity index (χ1v) is 6.93. The highest BCUT2D eigenvalue weighted by atomic mass is 16.5. The summed E-state index contributed by atoms with van der Waals surface area (Å²) in [4.78, 5) is 23.8. The van der Waals surface area contributed by atoms with E-state index in [0.717, 1.165) is 25.7 Å². The molecule has 1 fully saturated rings. The van der Waals surface area contributed by atoms with Gasteiger partial charge in [-0.15, -0.1) is 0 Å². The highest BCUT2D eigenvalue weighted by molar-refractivity contribution is 5.92. The number of hydrogen-bond acceptors (Lipinski definition) is 4. The topological polar surface area (TPSA) is 81.4 Å². The number of ether oxygens (including phenoxy) is 1. The normalized spacial score (nSPS) is 16.6. The fraction of sp³-hybridized carbons (Fsp3) is 0.467. The van der Waals surface area contributed by atoms with Crippen LogP contribution in [0.15, 0.2) is 24.3 Å².